The number of rotatable bonds is 6. The molecule has 1 aromatic heterocycles. The van der Waals surface area contributed by atoms with Gasteiger partial charge in [-0.05, 0) is 60.7 Å². The molecule has 6 nitrogen and oxygen atoms in total. The molecule has 0 spiro atoms. The average Bonchev–Trinajstić information content (AvgIpc) is 2.84. The zero-order valence-electron chi connectivity index (χ0n) is 18.9. The van der Waals surface area contributed by atoms with Crippen molar-refractivity contribution in [1.29, 1.82) is 0 Å². The molecule has 2 aromatic carbocycles. The van der Waals surface area contributed by atoms with Crippen molar-refractivity contribution < 1.29 is 9.53 Å². The number of hydrogen-bond donors (Lipinski definition) is 1. The Balaban J connectivity index is 1.33. The van der Waals surface area contributed by atoms with Crippen LogP contribution in [-0.2, 0) is 4.79 Å². The van der Waals surface area contributed by atoms with E-state index in [0.29, 0.717) is 5.92 Å². The summed E-state index contributed by atoms with van der Waals surface area (Å²) in [5.74, 6) is 2.21. The van der Waals surface area contributed by atoms with Crippen molar-refractivity contribution in [3.05, 3.63) is 66.2 Å². The summed E-state index contributed by atoms with van der Waals surface area (Å²) in [7, 11) is 1.65. The van der Waals surface area contributed by atoms with Gasteiger partial charge in [-0.15, -0.1) is 10.2 Å². The van der Waals surface area contributed by atoms with Crippen molar-refractivity contribution in [1.82, 2.24) is 10.2 Å². The second-order valence-electron chi connectivity index (χ2n) is 8.50. The summed E-state index contributed by atoms with van der Waals surface area (Å²) in [5, 5.41) is 11.9. The molecular weight excluding hydrogens is 400 g/mol. The van der Waals surface area contributed by atoms with Gasteiger partial charge in [-0.25, -0.2) is 0 Å². The predicted molar refractivity (Wildman–Crippen MR) is 128 cm³/mol. The Morgan fingerprint density at radius 2 is 1.72 bits per heavy atom. The number of nitrogens with zero attached hydrogens (tertiary/aromatic N) is 3. The van der Waals surface area contributed by atoms with Gasteiger partial charge < -0.3 is 15.0 Å². The van der Waals surface area contributed by atoms with Crippen LogP contribution < -0.4 is 15.0 Å². The molecule has 0 aliphatic carbocycles. The first kappa shape index (κ1) is 21.8. The lowest BCUT2D eigenvalue weighted by Crippen LogP contribution is -2.38. The maximum atomic E-state index is 12.7. The summed E-state index contributed by atoms with van der Waals surface area (Å²) in [6.07, 6.45) is 1.59. The molecule has 4 rings (SSSR count). The molecule has 0 saturated carbocycles. The number of carbonyl (C=O) groups is 1. The fourth-order valence-electron chi connectivity index (χ4n) is 4.06. The molecule has 1 saturated heterocycles. The van der Waals surface area contributed by atoms with E-state index in [9.17, 15) is 4.79 Å². The van der Waals surface area contributed by atoms with E-state index in [1.54, 1.807) is 7.11 Å². The van der Waals surface area contributed by atoms with Gasteiger partial charge in [0.25, 0.3) is 0 Å². The Kier molecular flexibility index (Phi) is 6.69. The second-order valence-corrected chi connectivity index (χ2v) is 8.50. The highest BCUT2D eigenvalue weighted by Gasteiger charge is 2.26. The third-order valence-corrected chi connectivity index (χ3v) is 6.07. The van der Waals surface area contributed by atoms with E-state index in [4.69, 9.17) is 4.74 Å². The van der Waals surface area contributed by atoms with E-state index in [-0.39, 0.29) is 11.8 Å². The maximum Gasteiger partial charge on any atom is 0.227 e. The molecule has 1 fully saturated rings. The van der Waals surface area contributed by atoms with Crippen LogP contribution in [0.1, 0.15) is 38.2 Å². The third kappa shape index (κ3) is 4.90. The number of methoxy groups -OCH3 is 1. The van der Waals surface area contributed by atoms with Gasteiger partial charge in [0.2, 0.25) is 5.91 Å². The highest BCUT2D eigenvalue weighted by Crippen LogP contribution is 2.29. The van der Waals surface area contributed by atoms with E-state index in [0.717, 1.165) is 54.4 Å². The van der Waals surface area contributed by atoms with Gasteiger partial charge in [0.15, 0.2) is 5.82 Å². The molecule has 6 heteroatoms. The molecule has 32 heavy (non-hydrogen) atoms. The van der Waals surface area contributed by atoms with Gasteiger partial charge in [0.05, 0.1) is 12.8 Å². The zero-order chi connectivity index (χ0) is 22.5. The normalized spacial score (nSPS) is 14.4. The van der Waals surface area contributed by atoms with Crippen LogP contribution in [0.25, 0.3) is 11.3 Å². The van der Waals surface area contributed by atoms with Gasteiger partial charge >= 0.3 is 0 Å². The number of nitrogens with one attached hydrogen (secondary N) is 1. The van der Waals surface area contributed by atoms with Gasteiger partial charge in [-0.1, -0.05) is 38.1 Å². The number of benzene rings is 2. The van der Waals surface area contributed by atoms with E-state index < -0.39 is 0 Å². The lowest BCUT2D eigenvalue weighted by Gasteiger charge is -2.31. The van der Waals surface area contributed by atoms with Crippen molar-refractivity contribution in [2.24, 2.45) is 5.92 Å². The van der Waals surface area contributed by atoms with Crippen LogP contribution in [-0.4, -0.2) is 36.3 Å². The lowest BCUT2D eigenvalue weighted by atomic mass is 9.95. The van der Waals surface area contributed by atoms with E-state index in [1.807, 2.05) is 48.5 Å². The van der Waals surface area contributed by atoms with Crippen molar-refractivity contribution in [3.63, 3.8) is 0 Å². The lowest BCUT2D eigenvalue weighted by molar-refractivity contribution is -0.120. The fraction of sp³-hybridized carbons (Fsp3) is 0.346. The van der Waals surface area contributed by atoms with Gasteiger partial charge in [-0.2, -0.15) is 0 Å². The Bertz CT molecular complexity index is 1040. The monoisotopic (exact) mass is 430 g/mol. The van der Waals surface area contributed by atoms with Crippen LogP contribution in [0.3, 0.4) is 0 Å². The smallest absolute Gasteiger partial charge is 0.227 e. The Morgan fingerprint density at radius 1 is 1.00 bits per heavy atom. The molecule has 1 N–H and O–H groups in total. The van der Waals surface area contributed by atoms with Crippen LogP contribution >= 0.6 is 0 Å². The van der Waals surface area contributed by atoms with Crippen molar-refractivity contribution in [2.45, 2.75) is 32.6 Å². The molecular formula is C26H30N4O2. The Hall–Kier alpha value is -3.41. The van der Waals surface area contributed by atoms with Crippen molar-refractivity contribution >= 4 is 17.4 Å². The van der Waals surface area contributed by atoms with Gasteiger partial charge in [0.1, 0.15) is 5.75 Å². The largest absolute Gasteiger partial charge is 0.496 e. The quantitative estimate of drug-likeness (QED) is 0.587. The van der Waals surface area contributed by atoms with Crippen LogP contribution in [0.5, 0.6) is 5.75 Å². The molecule has 1 aliphatic rings. The highest BCUT2D eigenvalue weighted by atomic mass is 16.5. The van der Waals surface area contributed by atoms with Crippen LogP contribution in [0.4, 0.5) is 11.5 Å². The summed E-state index contributed by atoms with van der Waals surface area (Å²) in [5.41, 5.74) is 3.84. The number of ether oxygens (including phenoxy) is 1. The average molecular weight is 431 g/mol. The first-order valence-electron chi connectivity index (χ1n) is 11.2. The standard InChI is InChI=1S/C26H30N4O2/c1-18(2)19-8-10-21(11-9-19)27-26(31)20-14-16-30(17-15-20)25-13-12-23(28-29-25)22-6-4-5-7-24(22)32-3/h4-13,18,20H,14-17H2,1-3H3,(H,27,31). The first-order valence-corrected chi connectivity index (χ1v) is 11.2. The van der Waals surface area contributed by atoms with Crippen LogP contribution in [0.2, 0.25) is 0 Å². The van der Waals surface area contributed by atoms with E-state index >= 15 is 0 Å². The van der Waals surface area contributed by atoms with E-state index in [2.05, 4.69) is 46.4 Å². The molecule has 1 amide bonds. The molecule has 0 radical (unpaired) electrons. The molecule has 3 aromatic rings. The van der Waals surface area contributed by atoms with E-state index in [1.165, 1.54) is 5.56 Å². The number of para-hydroxylation sites is 1. The number of amides is 1. The second kappa shape index (κ2) is 9.81. The highest BCUT2D eigenvalue weighted by molar-refractivity contribution is 5.92. The minimum absolute atomic E-state index is 0.0110. The number of carbonyl (C=O) groups excluding carboxylic acids is 1. The topological polar surface area (TPSA) is 67.3 Å². The van der Waals surface area contributed by atoms with Gasteiger partial charge in [-0.3, -0.25) is 4.79 Å². The molecule has 166 valence electrons. The molecule has 0 unspecified atom stereocenters. The first-order chi connectivity index (χ1) is 15.5. The SMILES string of the molecule is COc1ccccc1-c1ccc(N2CCC(C(=O)Nc3ccc(C(C)C)cc3)CC2)nn1. The predicted octanol–water partition coefficient (Wildman–Crippen LogP) is 5.13. The summed E-state index contributed by atoms with van der Waals surface area (Å²) in [6.45, 7) is 5.90. The number of piperidine rings is 1. The Morgan fingerprint density at radius 3 is 2.34 bits per heavy atom. The molecule has 2 heterocycles. The minimum atomic E-state index is 0.0110. The Labute approximate surface area is 189 Å². The third-order valence-electron chi connectivity index (χ3n) is 6.07. The van der Waals surface area contributed by atoms with Gasteiger partial charge in [0, 0.05) is 30.3 Å². The van der Waals surface area contributed by atoms with Crippen LogP contribution in [0.15, 0.2) is 60.7 Å². The molecule has 0 atom stereocenters. The zero-order valence-corrected chi connectivity index (χ0v) is 18.9. The summed E-state index contributed by atoms with van der Waals surface area (Å²) < 4.78 is 5.42. The fourth-order valence-corrected chi connectivity index (χ4v) is 4.06. The summed E-state index contributed by atoms with van der Waals surface area (Å²) in [4.78, 5) is 14.9. The van der Waals surface area contributed by atoms with Crippen LogP contribution in [0, 0.1) is 5.92 Å². The summed E-state index contributed by atoms with van der Waals surface area (Å²) >= 11 is 0. The number of hydrogen-bond acceptors (Lipinski definition) is 5. The van der Waals surface area contributed by atoms with Crippen molar-refractivity contribution in [2.75, 3.05) is 30.4 Å². The van der Waals surface area contributed by atoms with Crippen molar-refractivity contribution in [3.8, 4) is 17.0 Å². The minimum Gasteiger partial charge on any atom is -0.496 e. The maximum absolute atomic E-state index is 12.7. The molecule has 1 aliphatic heterocycles. The molecule has 0 bridgehead atoms. The number of anilines is 2. The number of aromatic nitrogens is 2. The summed E-state index contributed by atoms with van der Waals surface area (Å²) in [6, 6.07) is 19.9.